The Morgan fingerprint density at radius 3 is 2.54 bits per heavy atom. The zero-order valence-corrected chi connectivity index (χ0v) is 15.8. The van der Waals surface area contributed by atoms with Crippen molar-refractivity contribution in [2.24, 2.45) is 0 Å². The lowest BCUT2D eigenvalue weighted by molar-refractivity contribution is 0.360. The highest BCUT2D eigenvalue weighted by Gasteiger charge is 2.13. The molecule has 0 spiro atoms. The molecule has 4 heteroatoms. The molecule has 0 atom stereocenters. The third kappa shape index (κ3) is 3.37. The number of fused-ring (bicyclic) bond motifs is 3. The Bertz CT molecular complexity index is 1220. The number of aryl methyl sites for hydroxylation is 1. The van der Waals surface area contributed by atoms with E-state index in [0.717, 1.165) is 21.9 Å². The Morgan fingerprint density at radius 1 is 0.964 bits per heavy atom. The molecule has 1 heterocycles. The normalized spacial score (nSPS) is 11.4. The van der Waals surface area contributed by atoms with Crippen LogP contribution in [0.5, 0.6) is 11.5 Å². The molecule has 0 aliphatic carbocycles. The van der Waals surface area contributed by atoms with Crippen LogP contribution in [-0.4, -0.2) is 13.7 Å². The Morgan fingerprint density at radius 2 is 1.75 bits per heavy atom. The molecule has 0 bridgehead atoms. The number of rotatable bonds is 5. The number of hydrogen-bond acceptors (Lipinski definition) is 4. The van der Waals surface area contributed by atoms with Gasteiger partial charge in [0.1, 0.15) is 23.7 Å². The molecule has 3 aromatic carbocycles. The van der Waals surface area contributed by atoms with E-state index >= 15 is 0 Å². The van der Waals surface area contributed by atoms with Crippen molar-refractivity contribution in [3.63, 3.8) is 0 Å². The van der Waals surface area contributed by atoms with Gasteiger partial charge in [-0.1, -0.05) is 36.4 Å². The topological polar surface area (TPSA) is 48.7 Å². The van der Waals surface area contributed by atoms with Crippen LogP contribution < -0.4 is 15.1 Å². The molecule has 1 aromatic heterocycles. The summed E-state index contributed by atoms with van der Waals surface area (Å²) in [5.74, 6) is 1.32. The molecular formula is C24H20O4. The summed E-state index contributed by atoms with van der Waals surface area (Å²) in [5, 5.41) is 2.22. The van der Waals surface area contributed by atoms with Crippen LogP contribution in [0.25, 0.3) is 27.8 Å². The highest BCUT2D eigenvalue weighted by Crippen LogP contribution is 2.32. The van der Waals surface area contributed by atoms with Crippen molar-refractivity contribution >= 4 is 27.8 Å². The van der Waals surface area contributed by atoms with E-state index in [1.165, 1.54) is 0 Å². The van der Waals surface area contributed by atoms with E-state index in [4.69, 9.17) is 13.9 Å². The second-order valence-electron chi connectivity index (χ2n) is 6.49. The van der Waals surface area contributed by atoms with Gasteiger partial charge in [0.15, 0.2) is 0 Å². The van der Waals surface area contributed by atoms with E-state index < -0.39 is 0 Å². The molecule has 4 rings (SSSR count). The van der Waals surface area contributed by atoms with Crippen LogP contribution in [0, 0.1) is 6.92 Å². The fourth-order valence-electron chi connectivity index (χ4n) is 3.26. The molecule has 0 saturated carbocycles. The van der Waals surface area contributed by atoms with Gasteiger partial charge in [0.05, 0.1) is 12.5 Å². The summed E-state index contributed by atoms with van der Waals surface area (Å²) in [6, 6.07) is 19.3. The highest BCUT2D eigenvalue weighted by atomic mass is 16.5. The summed E-state index contributed by atoms with van der Waals surface area (Å²) in [6.45, 7) is 2.33. The molecule has 0 aliphatic rings. The van der Waals surface area contributed by atoms with Crippen LogP contribution in [0.1, 0.15) is 11.1 Å². The zero-order chi connectivity index (χ0) is 19.5. The fourth-order valence-corrected chi connectivity index (χ4v) is 3.26. The summed E-state index contributed by atoms with van der Waals surface area (Å²) >= 11 is 0. The number of methoxy groups -OCH3 is 1. The minimum Gasteiger partial charge on any atom is -0.497 e. The Kier molecular flexibility index (Phi) is 4.85. The maximum Gasteiger partial charge on any atom is 0.344 e. The van der Waals surface area contributed by atoms with Crippen LogP contribution in [0.2, 0.25) is 0 Å². The summed E-state index contributed by atoms with van der Waals surface area (Å²) in [7, 11) is 1.57. The maximum absolute atomic E-state index is 12.5. The minimum atomic E-state index is -0.384. The molecule has 28 heavy (non-hydrogen) atoms. The lowest BCUT2D eigenvalue weighted by Crippen LogP contribution is -2.02. The molecular weight excluding hydrogens is 352 g/mol. The molecule has 0 unspecified atom stereocenters. The van der Waals surface area contributed by atoms with Crippen molar-refractivity contribution in [3.8, 4) is 11.5 Å². The van der Waals surface area contributed by atoms with E-state index in [1.807, 2.05) is 73.7 Å². The highest BCUT2D eigenvalue weighted by molar-refractivity contribution is 6.05. The first-order valence-electron chi connectivity index (χ1n) is 9.06. The Labute approximate surface area is 162 Å². The van der Waals surface area contributed by atoms with E-state index in [2.05, 4.69) is 0 Å². The first-order valence-corrected chi connectivity index (χ1v) is 9.06. The summed E-state index contributed by atoms with van der Waals surface area (Å²) in [4.78, 5) is 12.5. The second kappa shape index (κ2) is 7.61. The largest absolute Gasteiger partial charge is 0.497 e. The molecule has 0 radical (unpaired) electrons. The van der Waals surface area contributed by atoms with E-state index in [-0.39, 0.29) is 5.63 Å². The van der Waals surface area contributed by atoms with Crippen molar-refractivity contribution in [1.29, 1.82) is 0 Å². The fraction of sp³-hybridized carbons (Fsp3) is 0.125. The lowest BCUT2D eigenvalue weighted by atomic mass is 10.0. The van der Waals surface area contributed by atoms with Gasteiger partial charge >= 0.3 is 5.63 Å². The van der Waals surface area contributed by atoms with Gasteiger partial charge in [-0.05, 0) is 48.9 Å². The summed E-state index contributed by atoms with van der Waals surface area (Å²) < 4.78 is 16.7. The molecule has 0 fully saturated rings. The van der Waals surface area contributed by atoms with Crippen LogP contribution in [0.4, 0.5) is 0 Å². The minimum absolute atomic E-state index is 0.384. The Balaban J connectivity index is 1.66. The van der Waals surface area contributed by atoms with E-state index in [1.54, 1.807) is 13.2 Å². The van der Waals surface area contributed by atoms with Gasteiger partial charge in [0.25, 0.3) is 0 Å². The first kappa shape index (κ1) is 17.9. The molecule has 4 nitrogen and oxygen atoms in total. The Hall–Kier alpha value is -3.53. The van der Waals surface area contributed by atoms with Gasteiger partial charge in [0.2, 0.25) is 0 Å². The maximum atomic E-state index is 12.5. The molecule has 0 N–H and O–H groups in total. The number of ether oxygens (including phenoxy) is 2. The van der Waals surface area contributed by atoms with Crippen molar-refractivity contribution < 1.29 is 13.9 Å². The number of hydrogen-bond donors (Lipinski definition) is 0. The zero-order valence-electron chi connectivity index (χ0n) is 15.8. The lowest BCUT2D eigenvalue weighted by Gasteiger charge is -2.11. The van der Waals surface area contributed by atoms with Gasteiger partial charge in [0, 0.05) is 16.3 Å². The third-order valence-corrected chi connectivity index (χ3v) is 4.73. The van der Waals surface area contributed by atoms with Crippen LogP contribution in [0.3, 0.4) is 0 Å². The predicted molar refractivity (Wildman–Crippen MR) is 112 cm³/mol. The van der Waals surface area contributed by atoms with Crippen LogP contribution >= 0.6 is 0 Å². The van der Waals surface area contributed by atoms with Gasteiger partial charge < -0.3 is 13.9 Å². The summed E-state index contributed by atoms with van der Waals surface area (Å²) in [5.41, 5.74) is 2.09. The average molecular weight is 372 g/mol. The van der Waals surface area contributed by atoms with Gasteiger partial charge in [-0.2, -0.15) is 0 Å². The van der Waals surface area contributed by atoms with Crippen molar-refractivity contribution in [2.75, 3.05) is 13.7 Å². The van der Waals surface area contributed by atoms with Gasteiger partial charge in [-0.3, -0.25) is 0 Å². The predicted octanol–water partition coefficient (Wildman–Crippen LogP) is 5.36. The molecule has 0 aliphatic heterocycles. The van der Waals surface area contributed by atoms with E-state index in [0.29, 0.717) is 29.1 Å². The molecule has 0 amide bonds. The van der Waals surface area contributed by atoms with Crippen LogP contribution in [0.15, 0.2) is 76.0 Å². The van der Waals surface area contributed by atoms with Gasteiger partial charge in [-0.15, -0.1) is 0 Å². The second-order valence-corrected chi connectivity index (χ2v) is 6.49. The summed E-state index contributed by atoms with van der Waals surface area (Å²) in [6.07, 6.45) is 3.97. The van der Waals surface area contributed by atoms with Crippen molar-refractivity contribution in [3.05, 3.63) is 88.3 Å². The standard InChI is InChI=1S/C24H20O4/c1-16-22(27-14-6-9-17-7-4-3-5-8-17)13-12-20-19-11-10-18(26-2)15-21(19)24(25)28-23(16)20/h3-13,15H,14H2,1-2H3. The first-order chi connectivity index (χ1) is 13.7. The van der Waals surface area contributed by atoms with Crippen LogP contribution in [-0.2, 0) is 0 Å². The van der Waals surface area contributed by atoms with Crippen molar-refractivity contribution in [1.82, 2.24) is 0 Å². The van der Waals surface area contributed by atoms with Crippen molar-refractivity contribution in [2.45, 2.75) is 6.92 Å². The molecule has 0 saturated heterocycles. The number of benzene rings is 3. The molecule has 4 aromatic rings. The monoisotopic (exact) mass is 372 g/mol. The SMILES string of the molecule is COc1ccc2c(c1)c(=O)oc1c(C)c(OCC=Cc3ccccc3)ccc12. The molecule has 140 valence electrons. The van der Waals surface area contributed by atoms with Gasteiger partial charge in [-0.25, -0.2) is 4.79 Å². The smallest absolute Gasteiger partial charge is 0.344 e. The average Bonchev–Trinajstić information content (AvgIpc) is 2.73. The quantitative estimate of drug-likeness (QED) is 0.350. The third-order valence-electron chi connectivity index (χ3n) is 4.73. The van der Waals surface area contributed by atoms with E-state index in [9.17, 15) is 4.79 Å².